The Hall–Kier alpha value is -2.63. The zero-order valence-electron chi connectivity index (χ0n) is 11.4. The minimum Gasteiger partial charge on any atom is -0.478 e. The molecule has 1 aromatic carbocycles. The van der Waals surface area contributed by atoms with Crippen molar-refractivity contribution in [3.8, 4) is 0 Å². The molecule has 6 heteroatoms. The standard InChI is InChI=1S/C15H16O6/c1-2-13(16)20-8-3-4-9-21-15(19)12-7-5-6-11(10-12)14(17)18/h2,5-7,10H,1,3-4,8-9H2,(H,17,18). The van der Waals surface area contributed by atoms with Crippen LogP contribution in [0.4, 0.5) is 0 Å². The van der Waals surface area contributed by atoms with E-state index in [1.807, 2.05) is 0 Å². The molecule has 0 atom stereocenters. The second-order valence-electron chi connectivity index (χ2n) is 4.10. The van der Waals surface area contributed by atoms with Crippen LogP contribution in [-0.4, -0.2) is 36.2 Å². The molecule has 0 aliphatic heterocycles. The zero-order chi connectivity index (χ0) is 15.7. The lowest BCUT2D eigenvalue weighted by atomic mass is 10.1. The third-order valence-corrected chi connectivity index (χ3v) is 2.53. The minimum atomic E-state index is -1.10. The summed E-state index contributed by atoms with van der Waals surface area (Å²) in [6.45, 7) is 3.67. The maximum atomic E-state index is 11.7. The second kappa shape index (κ2) is 8.52. The molecule has 0 radical (unpaired) electrons. The van der Waals surface area contributed by atoms with Crippen LogP contribution >= 0.6 is 0 Å². The highest BCUT2D eigenvalue weighted by Crippen LogP contribution is 2.07. The van der Waals surface area contributed by atoms with Crippen molar-refractivity contribution in [1.29, 1.82) is 0 Å². The second-order valence-corrected chi connectivity index (χ2v) is 4.10. The van der Waals surface area contributed by atoms with Crippen LogP contribution in [0.1, 0.15) is 33.6 Å². The Morgan fingerprint density at radius 1 is 1.10 bits per heavy atom. The molecular weight excluding hydrogens is 276 g/mol. The molecule has 0 bridgehead atoms. The molecule has 0 spiro atoms. The molecule has 0 aliphatic carbocycles. The number of ether oxygens (including phenoxy) is 2. The molecule has 0 saturated carbocycles. The summed E-state index contributed by atoms with van der Waals surface area (Å²) in [6, 6.07) is 5.62. The quantitative estimate of drug-likeness (QED) is 0.448. The van der Waals surface area contributed by atoms with Crippen molar-refractivity contribution in [3.63, 3.8) is 0 Å². The highest BCUT2D eigenvalue weighted by atomic mass is 16.5. The lowest BCUT2D eigenvalue weighted by Gasteiger charge is -2.05. The summed E-state index contributed by atoms with van der Waals surface area (Å²) >= 11 is 0. The van der Waals surface area contributed by atoms with E-state index in [0.29, 0.717) is 12.8 Å². The fourth-order valence-corrected chi connectivity index (χ4v) is 1.46. The van der Waals surface area contributed by atoms with E-state index < -0.39 is 17.9 Å². The summed E-state index contributed by atoms with van der Waals surface area (Å²) in [5, 5.41) is 8.83. The molecule has 112 valence electrons. The van der Waals surface area contributed by atoms with Crippen molar-refractivity contribution >= 4 is 17.9 Å². The van der Waals surface area contributed by atoms with Crippen molar-refractivity contribution in [2.75, 3.05) is 13.2 Å². The van der Waals surface area contributed by atoms with Crippen molar-refractivity contribution < 1.29 is 29.0 Å². The number of benzene rings is 1. The van der Waals surface area contributed by atoms with Gasteiger partial charge in [-0.2, -0.15) is 0 Å². The Kier molecular flexibility index (Phi) is 6.67. The summed E-state index contributed by atoms with van der Waals surface area (Å²) in [7, 11) is 0. The lowest BCUT2D eigenvalue weighted by Crippen LogP contribution is -2.09. The summed E-state index contributed by atoms with van der Waals surface area (Å²) < 4.78 is 9.77. The molecule has 0 amide bonds. The predicted molar refractivity (Wildman–Crippen MR) is 74.1 cm³/mol. The van der Waals surface area contributed by atoms with E-state index in [-0.39, 0.29) is 24.3 Å². The third kappa shape index (κ3) is 5.90. The van der Waals surface area contributed by atoms with Gasteiger partial charge in [-0.15, -0.1) is 0 Å². The smallest absolute Gasteiger partial charge is 0.338 e. The Morgan fingerprint density at radius 3 is 2.33 bits per heavy atom. The van der Waals surface area contributed by atoms with Gasteiger partial charge in [0, 0.05) is 6.08 Å². The van der Waals surface area contributed by atoms with Gasteiger partial charge in [-0.05, 0) is 31.0 Å². The number of aromatic carboxylic acids is 1. The van der Waals surface area contributed by atoms with Gasteiger partial charge in [0.25, 0.3) is 0 Å². The number of esters is 2. The van der Waals surface area contributed by atoms with Gasteiger partial charge in [0.1, 0.15) is 0 Å². The Morgan fingerprint density at radius 2 is 1.71 bits per heavy atom. The number of rotatable bonds is 8. The third-order valence-electron chi connectivity index (χ3n) is 2.53. The molecule has 21 heavy (non-hydrogen) atoms. The maximum Gasteiger partial charge on any atom is 0.338 e. The first kappa shape index (κ1) is 16.4. The number of carbonyl (C=O) groups excluding carboxylic acids is 2. The molecule has 0 heterocycles. The Bertz CT molecular complexity index is 535. The van der Waals surface area contributed by atoms with Gasteiger partial charge in [0.05, 0.1) is 24.3 Å². The predicted octanol–water partition coefficient (Wildman–Crippen LogP) is 2.05. The minimum absolute atomic E-state index is 0.0285. The first-order valence-corrected chi connectivity index (χ1v) is 6.34. The fourth-order valence-electron chi connectivity index (χ4n) is 1.46. The van der Waals surface area contributed by atoms with Gasteiger partial charge < -0.3 is 14.6 Å². The maximum absolute atomic E-state index is 11.7. The van der Waals surface area contributed by atoms with E-state index >= 15 is 0 Å². The molecule has 1 N–H and O–H groups in total. The largest absolute Gasteiger partial charge is 0.478 e. The van der Waals surface area contributed by atoms with Gasteiger partial charge in [0.15, 0.2) is 0 Å². The van der Waals surface area contributed by atoms with Crippen LogP contribution in [-0.2, 0) is 14.3 Å². The van der Waals surface area contributed by atoms with Gasteiger partial charge in [0.2, 0.25) is 0 Å². The van der Waals surface area contributed by atoms with Crippen molar-refractivity contribution in [3.05, 3.63) is 48.0 Å². The van der Waals surface area contributed by atoms with E-state index in [0.717, 1.165) is 6.08 Å². The molecule has 0 fully saturated rings. The van der Waals surface area contributed by atoms with E-state index in [1.165, 1.54) is 24.3 Å². The average molecular weight is 292 g/mol. The van der Waals surface area contributed by atoms with Crippen LogP contribution in [0.15, 0.2) is 36.9 Å². The van der Waals surface area contributed by atoms with Crippen LogP contribution < -0.4 is 0 Å². The number of hydrogen-bond donors (Lipinski definition) is 1. The van der Waals surface area contributed by atoms with E-state index in [2.05, 4.69) is 6.58 Å². The van der Waals surface area contributed by atoms with Crippen molar-refractivity contribution in [2.45, 2.75) is 12.8 Å². The topological polar surface area (TPSA) is 89.9 Å². The number of carboxylic acid groups (broad SMARTS) is 1. The number of carboxylic acids is 1. The average Bonchev–Trinajstić information content (AvgIpc) is 2.50. The van der Waals surface area contributed by atoms with Gasteiger partial charge in [-0.3, -0.25) is 0 Å². The molecule has 6 nitrogen and oxygen atoms in total. The summed E-state index contributed by atoms with van der Waals surface area (Å²) in [5.74, 6) is -2.17. The van der Waals surface area contributed by atoms with Gasteiger partial charge in [-0.25, -0.2) is 14.4 Å². The summed E-state index contributed by atoms with van der Waals surface area (Å²) in [5.41, 5.74) is 0.216. The van der Waals surface area contributed by atoms with E-state index in [9.17, 15) is 14.4 Å². The van der Waals surface area contributed by atoms with Crippen LogP contribution in [0, 0.1) is 0 Å². The van der Waals surface area contributed by atoms with Gasteiger partial charge >= 0.3 is 17.9 Å². The van der Waals surface area contributed by atoms with Crippen LogP contribution in [0.25, 0.3) is 0 Å². The highest BCUT2D eigenvalue weighted by molar-refractivity contribution is 5.94. The lowest BCUT2D eigenvalue weighted by molar-refractivity contribution is -0.137. The van der Waals surface area contributed by atoms with Crippen LogP contribution in [0.2, 0.25) is 0 Å². The number of unbranched alkanes of at least 4 members (excludes halogenated alkanes) is 1. The first-order valence-electron chi connectivity index (χ1n) is 6.34. The van der Waals surface area contributed by atoms with Crippen molar-refractivity contribution in [1.82, 2.24) is 0 Å². The molecule has 1 rings (SSSR count). The Labute approximate surface area is 122 Å². The number of carbonyl (C=O) groups is 3. The molecule has 1 aromatic rings. The Balaban J connectivity index is 2.31. The molecule has 0 aromatic heterocycles. The van der Waals surface area contributed by atoms with Crippen LogP contribution in [0.3, 0.4) is 0 Å². The molecule has 0 aliphatic rings. The van der Waals surface area contributed by atoms with Crippen LogP contribution in [0.5, 0.6) is 0 Å². The number of hydrogen-bond acceptors (Lipinski definition) is 5. The normalized spacial score (nSPS) is 9.71. The summed E-state index contributed by atoms with van der Waals surface area (Å²) in [6.07, 6.45) is 2.17. The highest BCUT2D eigenvalue weighted by Gasteiger charge is 2.10. The summed E-state index contributed by atoms with van der Waals surface area (Å²) in [4.78, 5) is 33.2. The fraction of sp³-hybridized carbons (Fsp3) is 0.267. The molecule has 0 unspecified atom stereocenters. The van der Waals surface area contributed by atoms with Crippen molar-refractivity contribution in [2.24, 2.45) is 0 Å². The van der Waals surface area contributed by atoms with E-state index in [4.69, 9.17) is 14.6 Å². The molecular formula is C15H16O6. The zero-order valence-corrected chi connectivity index (χ0v) is 11.4. The van der Waals surface area contributed by atoms with E-state index in [1.54, 1.807) is 0 Å². The monoisotopic (exact) mass is 292 g/mol. The first-order chi connectivity index (χ1) is 10.0. The SMILES string of the molecule is C=CC(=O)OCCCCOC(=O)c1cccc(C(=O)O)c1. The van der Waals surface area contributed by atoms with Gasteiger partial charge in [-0.1, -0.05) is 12.6 Å². The molecule has 0 saturated heterocycles.